The zero-order chi connectivity index (χ0) is 22.0. The Labute approximate surface area is 180 Å². The van der Waals surface area contributed by atoms with Crippen molar-refractivity contribution in [3.8, 4) is 0 Å². The number of carbonyl (C=O) groups is 1. The summed E-state index contributed by atoms with van der Waals surface area (Å²) in [5.41, 5.74) is 3.17. The number of nitrogens with zero attached hydrogens (tertiary/aromatic N) is 3. The molecule has 3 aromatic rings. The molecule has 1 amide bonds. The summed E-state index contributed by atoms with van der Waals surface area (Å²) in [6.07, 6.45) is 2.56. The highest BCUT2D eigenvalue weighted by atomic mass is 19.1. The summed E-state index contributed by atoms with van der Waals surface area (Å²) in [4.78, 5) is 20.1. The van der Waals surface area contributed by atoms with E-state index in [-0.39, 0.29) is 24.1 Å². The van der Waals surface area contributed by atoms with E-state index in [0.717, 1.165) is 29.4 Å². The Hall–Kier alpha value is -3.06. The van der Waals surface area contributed by atoms with Crippen molar-refractivity contribution in [1.82, 2.24) is 19.8 Å². The first kappa shape index (κ1) is 21.2. The van der Waals surface area contributed by atoms with Gasteiger partial charge in [-0.05, 0) is 25.5 Å². The number of benzene rings is 2. The van der Waals surface area contributed by atoms with Crippen LogP contribution in [0.5, 0.6) is 0 Å². The van der Waals surface area contributed by atoms with Crippen LogP contribution >= 0.6 is 0 Å². The normalized spacial score (nSPS) is 16.4. The van der Waals surface area contributed by atoms with Gasteiger partial charge >= 0.3 is 0 Å². The lowest BCUT2D eigenvalue weighted by atomic mass is 9.99. The van der Waals surface area contributed by atoms with Gasteiger partial charge in [0.25, 0.3) is 0 Å². The van der Waals surface area contributed by atoms with Crippen LogP contribution in [0.15, 0.2) is 54.9 Å². The summed E-state index contributed by atoms with van der Waals surface area (Å²) in [6.45, 7) is 5.42. The van der Waals surface area contributed by atoms with E-state index in [1.807, 2.05) is 34.9 Å². The van der Waals surface area contributed by atoms with Crippen molar-refractivity contribution in [3.63, 3.8) is 0 Å². The lowest BCUT2D eigenvalue weighted by Crippen LogP contribution is -2.45. The number of carbonyl (C=O) groups excluding carboxylic acids is 1. The number of nitrogens with one attached hydrogen (secondary N) is 1. The largest absolute Gasteiger partial charge is 0.350 e. The number of aromatic nitrogens is 2. The Kier molecular flexibility index (Phi) is 6.13. The first-order valence-electron chi connectivity index (χ1n) is 10.5. The third-order valence-corrected chi connectivity index (χ3v) is 5.67. The standard InChI is InChI=1S/C24H26F2N4O/c1-16(2)30-15-28-21-10-11-29(14-17-6-4-3-5-7-17)23(22(21)30)24(31)27-13-18-8-9-19(25)12-20(18)26/h3-9,12,15-16,23H,10-11,13-14H2,1-2H3,(H,27,31)/t23-/m0/s1. The molecule has 0 aliphatic carbocycles. The molecular weight excluding hydrogens is 398 g/mol. The van der Waals surface area contributed by atoms with E-state index in [4.69, 9.17) is 0 Å². The Bertz CT molecular complexity index is 1060. The van der Waals surface area contributed by atoms with Crippen LogP contribution in [-0.2, 0) is 24.3 Å². The number of fused-ring (bicyclic) bond motifs is 1. The smallest absolute Gasteiger partial charge is 0.243 e. The monoisotopic (exact) mass is 424 g/mol. The van der Waals surface area contributed by atoms with Gasteiger partial charge in [0.05, 0.1) is 17.7 Å². The minimum Gasteiger partial charge on any atom is -0.350 e. The third kappa shape index (κ3) is 4.51. The van der Waals surface area contributed by atoms with E-state index >= 15 is 0 Å². The maximum absolute atomic E-state index is 14.1. The van der Waals surface area contributed by atoms with E-state index in [1.165, 1.54) is 12.1 Å². The van der Waals surface area contributed by atoms with Crippen LogP contribution in [0.3, 0.4) is 0 Å². The Morgan fingerprint density at radius 2 is 1.97 bits per heavy atom. The fraction of sp³-hybridized carbons (Fsp3) is 0.333. The van der Waals surface area contributed by atoms with Crippen LogP contribution < -0.4 is 5.32 Å². The lowest BCUT2D eigenvalue weighted by Gasteiger charge is -2.36. The molecule has 4 rings (SSSR count). The van der Waals surface area contributed by atoms with Crippen molar-refractivity contribution in [2.45, 2.75) is 45.4 Å². The predicted molar refractivity (Wildman–Crippen MR) is 114 cm³/mol. The van der Waals surface area contributed by atoms with Gasteiger partial charge in [-0.2, -0.15) is 0 Å². The maximum atomic E-state index is 14.1. The van der Waals surface area contributed by atoms with Gasteiger partial charge in [0, 0.05) is 43.7 Å². The van der Waals surface area contributed by atoms with Gasteiger partial charge in [-0.25, -0.2) is 13.8 Å². The second kappa shape index (κ2) is 8.98. The van der Waals surface area contributed by atoms with Crippen LogP contribution in [0.25, 0.3) is 0 Å². The van der Waals surface area contributed by atoms with Gasteiger partial charge in [0.2, 0.25) is 5.91 Å². The quantitative estimate of drug-likeness (QED) is 0.647. The summed E-state index contributed by atoms with van der Waals surface area (Å²) >= 11 is 0. The molecule has 1 aliphatic heterocycles. The first-order valence-corrected chi connectivity index (χ1v) is 10.5. The number of imidazole rings is 1. The van der Waals surface area contributed by atoms with Crippen molar-refractivity contribution in [1.29, 1.82) is 0 Å². The van der Waals surface area contributed by atoms with Gasteiger partial charge in [-0.1, -0.05) is 36.4 Å². The first-order chi connectivity index (χ1) is 14.9. The van der Waals surface area contributed by atoms with Crippen molar-refractivity contribution >= 4 is 5.91 Å². The van der Waals surface area contributed by atoms with Crippen LogP contribution in [0.1, 0.15) is 48.4 Å². The van der Waals surface area contributed by atoms with Crippen LogP contribution in [0, 0.1) is 11.6 Å². The minimum absolute atomic E-state index is 0.00816. The average molecular weight is 424 g/mol. The fourth-order valence-electron chi connectivity index (χ4n) is 4.09. The Morgan fingerprint density at radius 1 is 1.19 bits per heavy atom. The molecule has 0 unspecified atom stereocenters. The number of rotatable bonds is 6. The summed E-state index contributed by atoms with van der Waals surface area (Å²) < 4.78 is 29.3. The van der Waals surface area contributed by atoms with Gasteiger partial charge in [0.1, 0.15) is 17.7 Å². The van der Waals surface area contributed by atoms with E-state index < -0.39 is 17.7 Å². The molecule has 0 saturated carbocycles. The second-order valence-corrected chi connectivity index (χ2v) is 8.14. The van der Waals surface area contributed by atoms with Gasteiger partial charge in [0.15, 0.2) is 0 Å². The van der Waals surface area contributed by atoms with Crippen LogP contribution in [-0.4, -0.2) is 26.9 Å². The molecule has 0 radical (unpaired) electrons. The Balaban J connectivity index is 1.62. The zero-order valence-corrected chi connectivity index (χ0v) is 17.7. The summed E-state index contributed by atoms with van der Waals surface area (Å²) in [5.74, 6) is -1.53. The molecule has 1 N–H and O–H groups in total. The van der Waals surface area contributed by atoms with E-state index in [1.54, 1.807) is 6.33 Å². The summed E-state index contributed by atoms with van der Waals surface area (Å²) in [5, 5.41) is 2.86. The molecule has 31 heavy (non-hydrogen) atoms. The molecule has 1 aromatic heterocycles. The fourth-order valence-corrected chi connectivity index (χ4v) is 4.09. The molecule has 0 fully saturated rings. The van der Waals surface area contributed by atoms with Crippen molar-refractivity contribution < 1.29 is 13.6 Å². The third-order valence-electron chi connectivity index (χ3n) is 5.67. The number of hydrogen-bond acceptors (Lipinski definition) is 3. The van der Waals surface area contributed by atoms with Crippen LogP contribution in [0.2, 0.25) is 0 Å². The second-order valence-electron chi connectivity index (χ2n) is 8.14. The van der Waals surface area contributed by atoms with Gasteiger partial charge in [-0.3, -0.25) is 9.69 Å². The molecule has 2 aromatic carbocycles. The molecule has 1 aliphatic rings. The number of halogens is 2. The molecule has 7 heteroatoms. The summed E-state index contributed by atoms with van der Waals surface area (Å²) in [7, 11) is 0. The molecular formula is C24H26F2N4O. The van der Waals surface area contributed by atoms with E-state index in [0.29, 0.717) is 13.1 Å². The number of hydrogen-bond donors (Lipinski definition) is 1. The predicted octanol–water partition coefficient (Wildman–Crippen LogP) is 4.16. The molecule has 0 bridgehead atoms. The molecule has 162 valence electrons. The van der Waals surface area contributed by atoms with E-state index in [9.17, 15) is 13.6 Å². The molecule has 2 heterocycles. The zero-order valence-electron chi connectivity index (χ0n) is 17.7. The van der Waals surface area contributed by atoms with Crippen molar-refractivity contribution in [3.05, 3.63) is 89.0 Å². The highest BCUT2D eigenvalue weighted by Crippen LogP contribution is 2.32. The van der Waals surface area contributed by atoms with Crippen molar-refractivity contribution in [2.24, 2.45) is 0 Å². The highest BCUT2D eigenvalue weighted by molar-refractivity contribution is 5.83. The maximum Gasteiger partial charge on any atom is 0.243 e. The topological polar surface area (TPSA) is 50.2 Å². The molecule has 0 saturated heterocycles. The number of amides is 1. The average Bonchev–Trinajstić information content (AvgIpc) is 3.18. The Morgan fingerprint density at radius 3 is 2.68 bits per heavy atom. The molecule has 0 spiro atoms. The minimum atomic E-state index is -0.669. The van der Waals surface area contributed by atoms with Crippen LogP contribution in [0.4, 0.5) is 8.78 Å². The lowest BCUT2D eigenvalue weighted by molar-refractivity contribution is -0.127. The summed E-state index contributed by atoms with van der Waals surface area (Å²) in [6, 6.07) is 13.0. The molecule has 1 atom stereocenters. The van der Waals surface area contributed by atoms with Crippen molar-refractivity contribution in [2.75, 3.05) is 6.54 Å². The highest BCUT2D eigenvalue weighted by Gasteiger charge is 2.37. The van der Waals surface area contributed by atoms with E-state index in [2.05, 4.69) is 29.0 Å². The SMILES string of the molecule is CC(C)n1cnc2c1[C@@H](C(=O)NCc1ccc(F)cc1F)N(Cc1ccccc1)CC2. The molecule has 5 nitrogen and oxygen atoms in total. The van der Waals surface area contributed by atoms with Gasteiger partial charge < -0.3 is 9.88 Å². The van der Waals surface area contributed by atoms with Gasteiger partial charge in [-0.15, -0.1) is 0 Å².